The molecule has 0 heterocycles. The molecule has 2 rings (SSSR count). The zero-order valence-corrected chi connectivity index (χ0v) is 8.95. The highest BCUT2D eigenvalue weighted by Crippen LogP contribution is 2.27. The van der Waals surface area contributed by atoms with Crippen molar-refractivity contribution in [1.29, 1.82) is 0 Å². The van der Waals surface area contributed by atoms with Gasteiger partial charge in [-0.3, -0.25) is 0 Å². The van der Waals surface area contributed by atoms with Gasteiger partial charge >= 0.3 is 0 Å². The molecular formula is C13H16N2. The van der Waals surface area contributed by atoms with E-state index in [1.807, 2.05) is 0 Å². The average Bonchev–Trinajstić information content (AvgIpc) is 2.55. The van der Waals surface area contributed by atoms with E-state index < -0.39 is 0 Å². The third-order valence-corrected chi connectivity index (χ3v) is 2.90. The number of hydrogen-bond donors (Lipinski definition) is 0. The Bertz CT molecular complexity index is 370. The van der Waals surface area contributed by atoms with Gasteiger partial charge in [0.05, 0.1) is 5.71 Å². The summed E-state index contributed by atoms with van der Waals surface area (Å²) in [5.41, 5.74) is 3.90. The van der Waals surface area contributed by atoms with Crippen LogP contribution in [0, 0.1) is 0 Å². The van der Waals surface area contributed by atoms with E-state index in [4.69, 9.17) is 0 Å². The monoisotopic (exact) mass is 200 g/mol. The van der Waals surface area contributed by atoms with Crippen LogP contribution in [-0.4, -0.2) is 12.4 Å². The second-order valence-electron chi connectivity index (χ2n) is 3.90. The first kappa shape index (κ1) is 10.1. The molecule has 78 valence electrons. The predicted molar refractivity (Wildman–Crippen MR) is 65.4 cm³/mol. The summed E-state index contributed by atoms with van der Waals surface area (Å²) < 4.78 is 0. The molecule has 0 saturated heterocycles. The largest absolute Gasteiger partial charge is 0.167 e. The standard InChI is InChI=1S/C13H16N2/c1-14-15-13-10-6-5-8-11-7-3-2-4-9-12(11)13/h2-4,9H,1,5-8,10H2/b15-13-. The van der Waals surface area contributed by atoms with Crippen LogP contribution >= 0.6 is 0 Å². The molecule has 0 bridgehead atoms. The van der Waals surface area contributed by atoms with Crippen molar-refractivity contribution < 1.29 is 0 Å². The van der Waals surface area contributed by atoms with Gasteiger partial charge < -0.3 is 0 Å². The summed E-state index contributed by atoms with van der Waals surface area (Å²) in [5, 5.41) is 7.84. The summed E-state index contributed by atoms with van der Waals surface area (Å²) in [5.74, 6) is 0. The van der Waals surface area contributed by atoms with Gasteiger partial charge in [0.2, 0.25) is 0 Å². The smallest absolute Gasteiger partial charge is 0.0702 e. The van der Waals surface area contributed by atoms with Gasteiger partial charge in [-0.05, 0) is 37.7 Å². The normalized spacial score (nSPS) is 23.6. The Kier molecular flexibility index (Phi) is 3.28. The molecule has 2 heteroatoms. The Morgan fingerprint density at radius 2 is 2.00 bits per heavy atom. The molecule has 0 atom stereocenters. The van der Waals surface area contributed by atoms with Crippen molar-refractivity contribution in [2.24, 2.45) is 10.2 Å². The lowest BCUT2D eigenvalue weighted by Gasteiger charge is -2.06. The van der Waals surface area contributed by atoms with E-state index in [0.717, 1.165) is 18.6 Å². The zero-order valence-electron chi connectivity index (χ0n) is 8.95. The maximum atomic E-state index is 4.16. The topological polar surface area (TPSA) is 24.7 Å². The highest BCUT2D eigenvalue weighted by molar-refractivity contribution is 6.03. The molecule has 0 N–H and O–H groups in total. The number of rotatable bonds is 1. The highest BCUT2D eigenvalue weighted by Gasteiger charge is 2.15. The summed E-state index contributed by atoms with van der Waals surface area (Å²) in [4.78, 5) is 0. The van der Waals surface area contributed by atoms with Crippen LogP contribution in [0.1, 0.15) is 32.1 Å². The maximum absolute atomic E-state index is 4.16. The van der Waals surface area contributed by atoms with Gasteiger partial charge in [0.15, 0.2) is 0 Å². The zero-order chi connectivity index (χ0) is 10.5. The first-order chi connectivity index (χ1) is 7.42. The van der Waals surface area contributed by atoms with Gasteiger partial charge in [-0.1, -0.05) is 29.9 Å². The first-order valence-corrected chi connectivity index (χ1v) is 5.50. The lowest BCUT2D eigenvalue weighted by molar-refractivity contribution is 0.759. The minimum absolute atomic E-state index is 1.03. The number of nitrogens with zero attached hydrogens (tertiary/aromatic N) is 2. The SMILES string of the molecule is C=N/N=C1/CCCCC2=C1C=CC=CC2. The molecular weight excluding hydrogens is 184 g/mol. The van der Waals surface area contributed by atoms with Crippen LogP contribution in [0.4, 0.5) is 0 Å². The molecule has 15 heavy (non-hydrogen) atoms. The Hall–Kier alpha value is -1.44. The Labute approximate surface area is 90.8 Å². The molecule has 2 aliphatic rings. The van der Waals surface area contributed by atoms with Crippen molar-refractivity contribution in [3.8, 4) is 0 Å². The Balaban J connectivity index is 2.40. The molecule has 0 aromatic carbocycles. The van der Waals surface area contributed by atoms with Gasteiger partial charge in [0.1, 0.15) is 0 Å². The second-order valence-corrected chi connectivity index (χ2v) is 3.90. The van der Waals surface area contributed by atoms with E-state index in [2.05, 4.69) is 41.2 Å². The molecule has 0 aromatic heterocycles. The van der Waals surface area contributed by atoms with E-state index in [1.54, 1.807) is 0 Å². The summed E-state index contributed by atoms with van der Waals surface area (Å²) in [6.07, 6.45) is 14.3. The van der Waals surface area contributed by atoms with E-state index in [-0.39, 0.29) is 0 Å². The van der Waals surface area contributed by atoms with Gasteiger partial charge in [0.25, 0.3) is 0 Å². The number of hydrogen-bond acceptors (Lipinski definition) is 2. The fourth-order valence-electron chi connectivity index (χ4n) is 2.16. The molecule has 0 amide bonds. The molecule has 0 fully saturated rings. The first-order valence-electron chi connectivity index (χ1n) is 5.50. The summed E-state index contributed by atoms with van der Waals surface area (Å²) >= 11 is 0. The summed E-state index contributed by atoms with van der Waals surface area (Å²) in [7, 11) is 0. The lowest BCUT2D eigenvalue weighted by atomic mass is 10.00. The molecule has 0 radical (unpaired) electrons. The molecule has 2 aliphatic carbocycles. The quantitative estimate of drug-likeness (QED) is 0.457. The molecule has 2 nitrogen and oxygen atoms in total. The van der Waals surface area contributed by atoms with E-state index in [9.17, 15) is 0 Å². The van der Waals surface area contributed by atoms with Crippen molar-refractivity contribution in [3.63, 3.8) is 0 Å². The van der Waals surface area contributed by atoms with Crippen molar-refractivity contribution in [2.45, 2.75) is 32.1 Å². The van der Waals surface area contributed by atoms with Crippen LogP contribution in [0.25, 0.3) is 0 Å². The second kappa shape index (κ2) is 4.87. The van der Waals surface area contributed by atoms with Crippen LogP contribution in [0.3, 0.4) is 0 Å². The van der Waals surface area contributed by atoms with Crippen LogP contribution in [0.2, 0.25) is 0 Å². The Morgan fingerprint density at radius 1 is 1.13 bits per heavy atom. The average molecular weight is 200 g/mol. The van der Waals surface area contributed by atoms with Crippen molar-refractivity contribution in [2.75, 3.05) is 0 Å². The van der Waals surface area contributed by atoms with Crippen LogP contribution < -0.4 is 0 Å². The molecule has 0 spiro atoms. The van der Waals surface area contributed by atoms with Gasteiger partial charge in [-0.15, -0.1) is 0 Å². The lowest BCUT2D eigenvalue weighted by Crippen LogP contribution is -2.01. The van der Waals surface area contributed by atoms with Crippen LogP contribution in [-0.2, 0) is 0 Å². The molecule has 0 saturated carbocycles. The van der Waals surface area contributed by atoms with Gasteiger partial charge in [0, 0.05) is 6.72 Å². The third kappa shape index (κ3) is 2.32. The maximum Gasteiger partial charge on any atom is 0.0702 e. The fourth-order valence-corrected chi connectivity index (χ4v) is 2.16. The fraction of sp³-hybridized carbons (Fsp3) is 0.385. The van der Waals surface area contributed by atoms with E-state index in [0.29, 0.717) is 0 Å². The molecule has 0 aromatic rings. The Morgan fingerprint density at radius 3 is 2.87 bits per heavy atom. The van der Waals surface area contributed by atoms with E-state index in [1.165, 1.54) is 30.4 Å². The van der Waals surface area contributed by atoms with Gasteiger partial charge in [-0.25, -0.2) is 0 Å². The summed E-state index contributed by atoms with van der Waals surface area (Å²) in [6.45, 7) is 3.45. The third-order valence-electron chi connectivity index (χ3n) is 2.90. The summed E-state index contributed by atoms with van der Waals surface area (Å²) in [6, 6.07) is 0. The van der Waals surface area contributed by atoms with Crippen LogP contribution in [0.5, 0.6) is 0 Å². The van der Waals surface area contributed by atoms with Crippen molar-refractivity contribution in [1.82, 2.24) is 0 Å². The van der Waals surface area contributed by atoms with Crippen LogP contribution in [0.15, 0.2) is 45.7 Å². The minimum atomic E-state index is 1.03. The van der Waals surface area contributed by atoms with Crippen molar-refractivity contribution in [3.05, 3.63) is 35.5 Å². The number of allylic oxidation sites excluding steroid dienone is 6. The van der Waals surface area contributed by atoms with E-state index >= 15 is 0 Å². The van der Waals surface area contributed by atoms with Crippen molar-refractivity contribution >= 4 is 12.4 Å². The molecule has 0 aliphatic heterocycles. The highest BCUT2D eigenvalue weighted by atomic mass is 15.2. The van der Waals surface area contributed by atoms with Gasteiger partial charge in [-0.2, -0.15) is 10.2 Å². The minimum Gasteiger partial charge on any atom is -0.167 e. The molecule has 0 unspecified atom stereocenters. The predicted octanol–water partition coefficient (Wildman–Crippen LogP) is 3.43.